The molecule has 0 amide bonds. The van der Waals surface area contributed by atoms with Gasteiger partial charge in [0.1, 0.15) is 0 Å². The summed E-state index contributed by atoms with van der Waals surface area (Å²) in [6.07, 6.45) is -0.889. The summed E-state index contributed by atoms with van der Waals surface area (Å²) in [5.41, 5.74) is 0. The molecule has 0 rings (SSSR count). The lowest BCUT2D eigenvalue weighted by atomic mass is 10.8. The standard InChI is InChI=1S/C3H6Cl2O2/c1-2(6)7-3(4)5/h2-3,6H,1H3. The second kappa shape index (κ2) is 3.50. The molecular formula is C3H6Cl2O2. The van der Waals surface area contributed by atoms with Crippen molar-refractivity contribution in [3.63, 3.8) is 0 Å². The Kier molecular flexibility index (Phi) is 3.75. The molecule has 0 heterocycles. The van der Waals surface area contributed by atoms with Crippen LogP contribution in [-0.2, 0) is 4.74 Å². The van der Waals surface area contributed by atoms with E-state index < -0.39 is 11.3 Å². The monoisotopic (exact) mass is 144 g/mol. The van der Waals surface area contributed by atoms with E-state index in [2.05, 4.69) is 4.74 Å². The number of hydrogen-bond acceptors (Lipinski definition) is 2. The average Bonchev–Trinajstić information content (AvgIpc) is 1.27. The minimum absolute atomic E-state index is 0.889. The third kappa shape index (κ3) is 6.50. The van der Waals surface area contributed by atoms with E-state index >= 15 is 0 Å². The van der Waals surface area contributed by atoms with Gasteiger partial charge in [-0.2, -0.15) is 0 Å². The zero-order chi connectivity index (χ0) is 5.86. The fraction of sp³-hybridized carbons (Fsp3) is 1.00. The molecule has 0 aromatic carbocycles. The quantitative estimate of drug-likeness (QED) is 0.465. The molecule has 44 valence electrons. The van der Waals surface area contributed by atoms with E-state index in [9.17, 15) is 0 Å². The molecule has 0 bridgehead atoms. The number of hydrogen-bond donors (Lipinski definition) is 1. The zero-order valence-corrected chi connectivity index (χ0v) is 5.28. The Labute approximate surface area is 52.0 Å². The predicted molar refractivity (Wildman–Crippen MR) is 28.3 cm³/mol. The molecule has 7 heavy (non-hydrogen) atoms. The van der Waals surface area contributed by atoms with Crippen molar-refractivity contribution >= 4 is 23.2 Å². The van der Waals surface area contributed by atoms with E-state index in [-0.39, 0.29) is 0 Å². The van der Waals surface area contributed by atoms with Gasteiger partial charge in [-0.15, -0.1) is 0 Å². The fourth-order valence-electron chi connectivity index (χ4n) is 0.149. The smallest absolute Gasteiger partial charge is 0.209 e. The summed E-state index contributed by atoms with van der Waals surface area (Å²) in [7, 11) is 0. The Morgan fingerprint density at radius 3 is 2.00 bits per heavy atom. The third-order valence-corrected chi connectivity index (χ3v) is 0.506. The van der Waals surface area contributed by atoms with Crippen LogP contribution in [0.3, 0.4) is 0 Å². The van der Waals surface area contributed by atoms with Crippen LogP contribution in [0.4, 0.5) is 0 Å². The molecule has 4 heteroatoms. The first kappa shape index (κ1) is 7.50. The van der Waals surface area contributed by atoms with Crippen molar-refractivity contribution in [3.05, 3.63) is 0 Å². The Hall–Kier alpha value is 0.500. The first-order valence-electron chi connectivity index (χ1n) is 1.74. The summed E-state index contributed by atoms with van der Waals surface area (Å²) in [4.78, 5) is 0. The molecule has 0 saturated heterocycles. The van der Waals surface area contributed by atoms with Gasteiger partial charge in [-0.05, 0) is 6.92 Å². The molecule has 1 N–H and O–H groups in total. The van der Waals surface area contributed by atoms with Gasteiger partial charge in [0.15, 0.2) is 6.29 Å². The van der Waals surface area contributed by atoms with Gasteiger partial charge in [0.05, 0.1) is 0 Å². The Bertz CT molecular complexity index is 40.2. The minimum Gasteiger partial charge on any atom is -0.368 e. The Balaban J connectivity index is 2.95. The predicted octanol–water partition coefficient (Wildman–Crippen LogP) is 1.10. The topological polar surface area (TPSA) is 29.5 Å². The molecule has 0 spiro atoms. The molecule has 1 atom stereocenters. The normalized spacial score (nSPS) is 15.0. The average molecular weight is 145 g/mol. The van der Waals surface area contributed by atoms with E-state index in [1.54, 1.807) is 0 Å². The molecule has 0 aliphatic carbocycles. The van der Waals surface area contributed by atoms with Crippen LogP contribution in [0.5, 0.6) is 0 Å². The van der Waals surface area contributed by atoms with Gasteiger partial charge >= 0.3 is 0 Å². The molecule has 0 aliphatic heterocycles. The van der Waals surface area contributed by atoms with Crippen LogP contribution in [0.25, 0.3) is 0 Å². The van der Waals surface area contributed by atoms with Crippen LogP contribution < -0.4 is 0 Å². The first-order chi connectivity index (χ1) is 3.13. The van der Waals surface area contributed by atoms with E-state index in [1.807, 2.05) is 0 Å². The molecule has 0 aliphatic rings. The maximum Gasteiger partial charge on any atom is 0.209 e. The van der Waals surface area contributed by atoms with Gasteiger partial charge in [0.2, 0.25) is 5.02 Å². The first-order valence-corrected chi connectivity index (χ1v) is 2.62. The number of alkyl halides is 2. The number of aliphatic hydroxyl groups is 1. The summed E-state index contributed by atoms with van der Waals surface area (Å²) >= 11 is 10.1. The van der Waals surface area contributed by atoms with Crippen molar-refractivity contribution in [1.82, 2.24) is 0 Å². The summed E-state index contributed by atoms with van der Waals surface area (Å²) in [5, 5.41) is 7.40. The van der Waals surface area contributed by atoms with Crippen molar-refractivity contribution in [2.24, 2.45) is 0 Å². The van der Waals surface area contributed by atoms with Crippen molar-refractivity contribution < 1.29 is 9.84 Å². The van der Waals surface area contributed by atoms with Crippen molar-refractivity contribution in [3.8, 4) is 0 Å². The summed E-state index contributed by atoms with van der Waals surface area (Å²) in [5.74, 6) is 0. The summed E-state index contributed by atoms with van der Waals surface area (Å²) in [6, 6.07) is 0. The van der Waals surface area contributed by atoms with Gasteiger partial charge in [-0.25, -0.2) is 0 Å². The van der Waals surface area contributed by atoms with Gasteiger partial charge in [-0.1, -0.05) is 23.2 Å². The second-order valence-electron chi connectivity index (χ2n) is 0.996. The molecule has 0 aromatic heterocycles. The molecule has 0 radical (unpaired) electrons. The summed E-state index contributed by atoms with van der Waals surface area (Å²) < 4.78 is 4.34. The SMILES string of the molecule is CC(O)OC(Cl)Cl. The van der Waals surface area contributed by atoms with Crippen LogP contribution in [0.2, 0.25) is 0 Å². The molecule has 0 aromatic rings. The Morgan fingerprint density at radius 2 is 2.00 bits per heavy atom. The van der Waals surface area contributed by atoms with Gasteiger partial charge in [-0.3, -0.25) is 0 Å². The maximum absolute atomic E-state index is 8.33. The number of rotatable bonds is 2. The highest BCUT2D eigenvalue weighted by atomic mass is 35.5. The van der Waals surface area contributed by atoms with E-state index in [0.29, 0.717) is 0 Å². The molecular weight excluding hydrogens is 139 g/mol. The molecule has 0 saturated carbocycles. The summed E-state index contributed by atoms with van der Waals surface area (Å²) in [6.45, 7) is 1.43. The third-order valence-electron chi connectivity index (χ3n) is 0.300. The van der Waals surface area contributed by atoms with Crippen molar-refractivity contribution in [2.45, 2.75) is 18.2 Å². The highest BCUT2D eigenvalue weighted by Crippen LogP contribution is 2.04. The highest BCUT2D eigenvalue weighted by molar-refractivity contribution is 6.43. The minimum atomic E-state index is -0.931. The lowest BCUT2D eigenvalue weighted by Crippen LogP contribution is -2.08. The number of halogens is 2. The molecule has 0 fully saturated rings. The van der Waals surface area contributed by atoms with Crippen LogP contribution >= 0.6 is 23.2 Å². The number of aliphatic hydroxyl groups excluding tert-OH is 1. The fourth-order valence-corrected chi connectivity index (χ4v) is 0.447. The van der Waals surface area contributed by atoms with Crippen LogP contribution in [0.15, 0.2) is 0 Å². The van der Waals surface area contributed by atoms with Gasteiger partial charge in [0.25, 0.3) is 0 Å². The van der Waals surface area contributed by atoms with Crippen LogP contribution in [-0.4, -0.2) is 16.4 Å². The zero-order valence-electron chi connectivity index (χ0n) is 3.77. The van der Waals surface area contributed by atoms with Crippen LogP contribution in [0, 0.1) is 0 Å². The van der Waals surface area contributed by atoms with Gasteiger partial charge in [0, 0.05) is 0 Å². The van der Waals surface area contributed by atoms with Crippen molar-refractivity contribution in [1.29, 1.82) is 0 Å². The number of ether oxygens (including phenoxy) is 1. The maximum atomic E-state index is 8.33. The van der Waals surface area contributed by atoms with E-state index in [0.717, 1.165) is 0 Å². The van der Waals surface area contributed by atoms with E-state index in [1.165, 1.54) is 6.92 Å². The van der Waals surface area contributed by atoms with E-state index in [4.69, 9.17) is 28.3 Å². The largest absolute Gasteiger partial charge is 0.368 e. The Morgan fingerprint density at radius 1 is 1.57 bits per heavy atom. The second-order valence-corrected chi connectivity index (χ2v) is 2.01. The van der Waals surface area contributed by atoms with Crippen LogP contribution in [0.1, 0.15) is 6.92 Å². The lowest BCUT2D eigenvalue weighted by molar-refractivity contribution is -0.0782. The highest BCUT2D eigenvalue weighted by Gasteiger charge is 2.00. The van der Waals surface area contributed by atoms with Crippen molar-refractivity contribution in [2.75, 3.05) is 0 Å². The molecule has 2 nitrogen and oxygen atoms in total. The lowest BCUT2D eigenvalue weighted by Gasteiger charge is -2.04. The molecule has 1 unspecified atom stereocenters. The van der Waals surface area contributed by atoms with Gasteiger partial charge < -0.3 is 9.84 Å².